The number of hydrogen-bond acceptors (Lipinski definition) is 4. The molecule has 1 N–H and O–H groups in total. The van der Waals surface area contributed by atoms with Crippen molar-refractivity contribution in [1.82, 2.24) is 10.2 Å². The van der Waals surface area contributed by atoms with Gasteiger partial charge in [0.2, 0.25) is 11.8 Å². The number of nitrogens with one attached hydrogen (secondary N) is 1. The minimum absolute atomic E-state index is 0.183. The molecule has 27 heavy (non-hydrogen) atoms. The Morgan fingerprint density at radius 1 is 1.15 bits per heavy atom. The summed E-state index contributed by atoms with van der Waals surface area (Å²) in [7, 11) is 0. The van der Waals surface area contributed by atoms with E-state index in [0.717, 1.165) is 37.4 Å². The third-order valence-corrected chi connectivity index (χ3v) is 5.96. The second kappa shape index (κ2) is 8.87. The van der Waals surface area contributed by atoms with Crippen molar-refractivity contribution in [3.63, 3.8) is 0 Å². The maximum atomic E-state index is 13.2. The molecule has 1 atom stereocenters. The fraction of sp³-hybridized carbons (Fsp3) is 0.636. The Bertz CT molecular complexity index is 667. The highest BCUT2D eigenvalue weighted by Crippen LogP contribution is 2.50. The van der Waals surface area contributed by atoms with Crippen LogP contribution in [-0.4, -0.2) is 43.0 Å². The summed E-state index contributed by atoms with van der Waals surface area (Å²) in [6.07, 6.45) is 1.93. The molecule has 0 aliphatic carbocycles. The van der Waals surface area contributed by atoms with E-state index < -0.39 is 10.8 Å². The zero-order chi connectivity index (χ0) is 20.1. The average molecular weight is 375 g/mol. The first-order valence-corrected chi connectivity index (χ1v) is 10.1. The van der Waals surface area contributed by atoms with Gasteiger partial charge in [-0.1, -0.05) is 39.8 Å². The first-order chi connectivity index (χ1) is 12.8. The maximum Gasteiger partial charge on any atom is 0.237 e. The molecule has 0 saturated carbocycles. The highest BCUT2D eigenvalue weighted by atomic mass is 16.5. The number of amides is 2. The summed E-state index contributed by atoms with van der Waals surface area (Å²) in [4.78, 5) is 27.7. The Hall–Kier alpha value is -1.88. The lowest BCUT2D eigenvalue weighted by Gasteiger charge is -2.49. The molecule has 2 rings (SSSR count). The van der Waals surface area contributed by atoms with E-state index in [2.05, 4.69) is 24.1 Å². The van der Waals surface area contributed by atoms with Gasteiger partial charge in [0.25, 0.3) is 0 Å². The molecule has 0 aromatic heterocycles. The van der Waals surface area contributed by atoms with Crippen molar-refractivity contribution < 1.29 is 14.3 Å². The van der Waals surface area contributed by atoms with Gasteiger partial charge < -0.3 is 9.64 Å². The molecule has 5 nitrogen and oxygen atoms in total. The molecule has 5 heteroatoms. The van der Waals surface area contributed by atoms with Crippen molar-refractivity contribution >= 4 is 11.8 Å². The Morgan fingerprint density at radius 3 is 2.44 bits per heavy atom. The molecular formula is C22H34N2O3. The molecule has 2 amide bonds. The van der Waals surface area contributed by atoms with Gasteiger partial charge in [-0.25, -0.2) is 0 Å². The van der Waals surface area contributed by atoms with Gasteiger partial charge in [-0.05, 0) is 62.5 Å². The lowest BCUT2D eigenvalue weighted by molar-refractivity contribution is -0.145. The van der Waals surface area contributed by atoms with E-state index in [0.29, 0.717) is 19.4 Å². The summed E-state index contributed by atoms with van der Waals surface area (Å²) in [6, 6.07) is 7.82. The van der Waals surface area contributed by atoms with Crippen molar-refractivity contribution in [3.05, 3.63) is 29.8 Å². The smallest absolute Gasteiger partial charge is 0.237 e. The summed E-state index contributed by atoms with van der Waals surface area (Å²) in [6.45, 7) is 13.8. The van der Waals surface area contributed by atoms with Crippen molar-refractivity contribution in [2.75, 3.05) is 26.2 Å². The molecule has 1 unspecified atom stereocenters. The van der Waals surface area contributed by atoms with E-state index in [1.807, 2.05) is 45.0 Å². The van der Waals surface area contributed by atoms with E-state index >= 15 is 0 Å². The van der Waals surface area contributed by atoms with Crippen molar-refractivity contribution in [2.24, 2.45) is 5.41 Å². The van der Waals surface area contributed by atoms with E-state index in [-0.39, 0.29) is 11.8 Å². The van der Waals surface area contributed by atoms with Crippen molar-refractivity contribution in [1.29, 1.82) is 0 Å². The summed E-state index contributed by atoms with van der Waals surface area (Å²) in [5, 5.41) is 2.61. The normalized spacial score (nSPS) is 22.0. The van der Waals surface area contributed by atoms with Crippen LogP contribution < -0.4 is 10.1 Å². The molecule has 0 radical (unpaired) electrons. The molecule has 1 aromatic carbocycles. The first kappa shape index (κ1) is 21.4. The van der Waals surface area contributed by atoms with Gasteiger partial charge in [0.15, 0.2) is 0 Å². The van der Waals surface area contributed by atoms with Crippen LogP contribution in [-0.2, 0) is 15.0 Å². The van der Waals surface area contributed by atoms with Crippen molar-refractivity contribution in [3.8, 4) is 5.75 Å². The standard InChI is InChI=1S/C22H34N2O3/c1-6-24(7-2)14-10-13-22(17-11-9-12-18(15-17)27-8-3)20(26)23-19(25)16-21(22,4)5/h9,11-12,15H,6-8,10,13-14,16H2,1-5H3,(H,23,25,26). The van der Waals surface area contributed by atoms with Crippen LogP contribution >= 0.6 is 0 Å². The Balaban J connectivity index is 2.43. The van der Waals surface area contributed by atoms with Crippen LogP contribution in [0.15, 0.2) is 24.3 Å². The molecule has 1 aliphatic heterocycles. The van der Waals surface area contributed by atoms with Crippen LogP contribution in [0.5, 0.6) is 5.75 Å². The van der Waals surface area contributed by atoms with Crippen LogP contribution in [0.1, 0.15) is 59.4 Å². The second-order valence-electron chi connectivity index (χ2n) is 7.93. The number of ether oxygens (including phenoxy) is 1. The number of imide groups is 1. The second-order valence-corrected chi connectivity index (χ2v) is 7.93. The number of rotatable bonds is 9. The Labute approximate surface area is 163 Å². The number of hydrogen-bond donors (Lipinski definition) is 1. The van der Waals surface area contributed by atoms with Crippen LogP contribution in [0.4, 0.5) is 0 Å². The van der Waals surface area contributed by atoms with Gasteiger partial charge in [0.05, 0.1) is 12.0 Å². The minimum atomic E-state index is -0.749. The molecule has 1 fully saturated rings. The monoisotopic (exact) mass is 374 g/mol. The zero-order valence-electron chi connectivity index (χ0n) is 17.4. The van der Waals surface area contributed by atoms with Crippen molar-refractivity contribution in [2.45, 2.75) is 59.3 Å². The predicted octanol–water partition coefficient (Wildman–Crippen LogP) is 3.52. The molecule has 1 heterocycles. The lowest BCUT2D eigenvalue weighted by Crippen LogP contribution is -2.61. The number of piperidine rings is 1. The predicted molar refractivity (Wildman–Crippen MR) is 108 cm³/mol. The average Bonchev–Trinajstić information content (AvgIpc) is 2.61. The van der Waals surface area contributed by atoms with Crippen LogP contribution in [0.25, 0.3) is 0 Å². The zero-order valence-corrected chi connectivity index (χ0v) is 17.4. The molecule has 0 spiro atoms. The molecular weight excluding hydrogens is 340 g/mol. The van der Waals surface area contributed by atoms with Gasteiger partial charge >= 0.3 is 0 Å². The summed E-state index contributed by atoms with van der Waals surface area (Å²) >= 11 is 0. The molecule has 1 aromatic rings. The molecule has 0 bridgehead atoms. The summed E-state index contributed by atoms with van der Waals surface area (Å²) in [5.74, 6) is 0.390. The third kappa shape index (κ3) is 4.34. The van der Waals surface area contributed by atoms with Crippen LogP contribution in [0.3, 0.4) is 0 Å². The fourth-order valence-electron chi connectivity index (χ4n) is 4.38. The summed E-state index contributed by atoms with van der Waals surface area (Å²) in [5.41, 5.74) is -0.287. The number of carbonyl (C=O) groups excluding carboxylic acids is 2. The van der Waals surface area contributed by atoms with Gasteiger partial charge in [0.1, 0.15) is 5.75 Å². The van der Waals surface area contributed by atoms with E-state index in [9.17, 15) is 9.59 Å². The quantitative estimate of drug-likeness (QED) is 0.672. The van der Waals surface area contributed by atoms with Gasteiger partial charge in [-0.15, -0.1) is 0 Å². The van der Waals surface area contributed by atoms with Gasteiger partial charge in [0, 0.05) is 6.42 Å². The number of nitrogens with zero attached hydrogens (tertiary/aromatic N) is 1. The topological polar surface area (TPSA) is 58.6 Å². The Kier molecular flexibility index (Phi) is 7.04. The third-order valence-electron chi connectivity index (χ3n) is 5.96. The first-order valence-electron chi connectivity index (χ1n) is 10.1. The number of benzene rings is 1. The highest BCUT2D eigenvalue weighted by molar-refractivity contribution is 6.04. The summed E-state index contributed by atoms with van der Waals surface area (Å²) < 4.78 is 5.68. The van der Waals surface area contributed by atoms with E-state index in [1.165, 1.54) is 0 Å². The largest absolute Gasteiger partial charge is 0.494 e. The SMILES string of the molecule is CCOc1cccc(C2(CCCN(CC)CC)C(=O)NC(=O)CC2(C)C)c1. The fourth-order valence-corrected chi connectivity index (χ4v) is 4.38. The van der Waals surface area contributed by atoms with E-state index in [4.69, 9.17) is 4.74 Å². The van der Waals surface area contributed by atoms with Crippen LogP contribution in [0, 0.1) is 5.41 Å². The van der Waals surface area contributed by atoms with Gasteiger partial charge in [-0.3, -0.25) is 14.9 Å². The minimum Gasteiger partial charge on any atom is -0.494 e. The lowest BCUT2D eigenvalue weighted by atomic mass is 9.56. The van der Waals surface area contributed by atoms with E-state index in [1.54, 1.807) is 0 Å². The highest BCUT2D eigenvalue weighted by Gasteiger charge is 2.55. The molecule has 1 aliphatic rings. The Morgan fingerprint density at radius 2 is 1.85 bits per heavy atom. The molecule has 150 valence electrons. The van der Waals surface area contributed by atoms with Gasteiger partial charge in [-0.2, -0.15) is 0 Å². The number of carbonyl (C=O) groups is 2. The maximum absolute atomic E-state index is 13.2. The van der Waals surface area contributed by atoms with Crippen LogP contribution in [0.2, 0.25) is 0 Å². The molecule has 1 saturated heterocycles.